The molecule has 0 amide bonds. The minimum atomic E-state index is -0.281. The van der Waals surface area contributed by atoms with Crippen LogP contribution < -0.4 is 0 Å². The second kappa shape index (κ2) is 6.80. The Morgan fingerprint density at radius 3 is 2.67 bits per heavy atom. The van der Waals surface area contributed by atoms with Gasteiger partial charge in [-0.25, -0.2) is 4.79 Å². The summed E-state index contributed by atoms with van der Waals surface area (Å²) in [5.41, 5.74) is 0. The summed E-state index contributed by atoms with van der Waals surface area (Å²) >= 11 is 0. The maximum Gasteiger partial charge on any atom is 0.332 e. The van der Waals surface area contributed by atoms with Crippen molar-refractivity contribution in [2.45, 2.75) is 32.8 Å². The van der Waals surface area contributed by atoms with E-state index in [9.17, 15) is 4.79 Å². The van der Waals surface area contributed by atoms with E-state index in [2.05, 4.69) is 0 Å². The lowest BCUT2D eigenvalue weighted by atomic mass is 10.0. The van der Waals surface area contributed by atoms with Crippen LogP contribution in [0, 0.1) is 5.92 Å². The van der Waals surface area contributed by atoms with Gasteiger partial charge in [0.05, 0.1) is 12.7 Å². The Balaban J connectivity index is 2.02. The zero-order valence-electron chi connectivity index (χ0n) is 9.53. The number of ether oxygens (including phenoxy) is 3. The highest BCUT2D eigenvalue weighted by atomic mass is 16.6. The number of hydrogen-bond donors (Lipinski definition) is 0. The van der Waals surface area contributed by atoms with E-state index < -0.39 is 0 Å². The van der Waals surface area contributed by atoms with Gasteiger partial charge >= 0.3 is 5.97 Å². The molecule has 0 unspecified atom stereocenters. The van der Waals surface area contributed by atoms with Crippen LogP contribution in [0.5, 0.6) is 0 Å². The molecule has 88 valence electrons. The van der Waals surface area contributed by atoms with Gasteiger partial charge < -0.3 is 14.2 Å². The van der Waals surface area contributed by atoms with Crippen molar-refractivity contribution in [1.82, 2.24) is 0 Å². The lowest BCUT2D eigenvalue weighted by Gasteiger charge is -2.21. The van der Waals surface area contributed by atoms with E-state index >= 15 is 0 Å². The first-order valence-corrected chi connectivity index (χ1v) is 5.53. The molecule has 0 aromatic rings. The van der Waals surface area contributed by atoms with Crippen LogP contribution >= 0.6 is 0 Å². The normalized spacial score (nSPS) is 18.1. The Kier molecular flexibility index (Phi) is 5.65. The van der Waals surface area contributed by atoms with Gasteiger partial charge in [-0.1, -0.05) is 0 Å². The minimum absolute atomic E-state index is 0.0650. The molecule has 0 aromatic heterocycles. The van der Waals surface area contributed by atoms with Gasteiger partial charge in [-0.15, -0.1) is 0 Å². The van der Waals surface area contributed by atoms with Crippen molar-refractivity contribution in [2.75, 3.05) is 26.4 Å². The van der Waals surface area contributed by atoms with E-state index in [-0.39, 0.29) is 18.7 Å². The number of hydrogen-bond acceptors (Lipinski definition) is 4. The first-order chi connectivity index (χ1) is 7.18. The Morgan fingerprint density at radius 1 is 1.40 bits per heavy atom. The predicted molar refractivity (Wildman–Crippen MR) is 55.6 cm³/mol. The molecule has 1 heterocycles. The van der Waals surface area contributed by atoms with Crippen LogP contribution in [0.1, 0.15) is 26.7 Å². The van der Waals surface area contributed by atoms with Crippen LogP contribution in [0.25, 0.3) is 0 Å². The summed E-state index contributed by atoms with van der Waals surface area (Å²) in [6.45, 7) is 5.98. The molecule has 0 aromatic carbocycles. The minimum Gasteiger partial charge on any atom is -0.461 e. The molecule has 1 saturated heterocycles. The van der Waals surface area contributed by atoms with Crippen LogP contribution in [0.2, 0.25) is 0 Å². The highest BCUT2D eigenvalue weighted by Crippen LogP contribution is 2.14. The summed E-state index contributed by atoms with van der Waals surface area (Å²) in [6.07, 6.45) is 1.99. The Morgan fingerprint density at radius 2 is 2.07 bits per heavy atom. The van der Waals surface area contributed by atoms with Gasteiger partial charge in [-0.3, -0.25) is 0 Å². The van der Waals surface area contributed by atoms with Crippen LogP contribution in [0.4, 0.5) is 0 Å². The maximum atomic E-state index is 11.1. The topological polar surface area (TPSA) is 44.8 Å². The van der Waals surface area contributed by atoms with E-state index in [1.165, 1.54) is 0 Å². The molecule has 0 radical (unpaired) electrons. The van der Waals surface area contributed by atoms with Crippen LogP contribution in [-0.2, 0) is 19.0 Å². The smallest absolute Gasteiger partial charge is 0.332 e. The van der Waals surface area contributed by atoms with E-state index in [1.807, 2.05) is 13.8 Å². The molecule has 0 spiro atoms. The molecule has 1 aliphatic rings. The van der Waals surface area contributed by atoms with Gasteiger partial charge in [0.25, 0.3) is 0 Å². The number of rotatable bonds is 5. The summed E-state index contributed by atoms with van der Waals surface area (Å²) in [4.78, 5) is 11.1. The third-order valence-corrected chi connectivity index (χ3v) is 2.28. The molecule has 1 aliphatic heterocycles. The third-order valence-electron chi connectivity index (χ3n) is 2.28. The van der Waals surface area contributed by atoms with Gasteiger partial charge in [0.15, 0.2) is 0 Å². The molecule has 0 aliphatic carbocycles. The molecule has 15 heavy (non-hydrogen) atoms. The molecular weight excluding hydrogens is 196 g/mol. The third kappa shape index (κ3) is 5.74. The average Bonchev–Trinajstić information content (AvgIpc) is 2.18. The van der Waals surface area contributed by atoms with E-state index in [1.54, 1.807) is 0 Å². The summed E-state index contributed by atoms with van der Waals surface area (Å²) in [5.74, 6) is 0.252. The second-order valence-electron chi connectivity index (χ2n) is 4.11. The van der Waals surface area contributed by atoms with Crippen molar-refractivity contribution >= 4 is 5.97 Å². The molecule has 0 N–H and O–H groups in total. The van der Waals surface area contributed by atoms with Crippen molar-refractivity contribution in [3.8, 4) is 0 Å². The van der Waals surface area contributed by atoms with Gasteiger partial charge in [0, 0.05) is 13.2 Å². The zero-order chi connectivity index (χ0) is 11.1. The monoisotopic (exact) mass is 216 g/mol. The van der Waals surface area contributed by atoms with E-state index in [4.69, 9.17) is 14.2 Å². The molecular formula is C11H20O4. The Labute approximate surface area is 90.9 Å². The molecule has 1 fully saturated rings. The largest absolute Gasteiger partial charge is 0.461 e. The Hall–Kier alpha value is -0.610. The lowest BCUT2D eigenvalue weighted by molar-refractivity contribution is -0.153. The quantitative estimate of drug-likeness (QED) is 0.651. The first-order valence-electron chi connectivity index (χ1n) is 5.53. The summed E-state index contributed by atoms with van der Waals surface area (Å²) in [7, 11) is 0. The standard InChI is InChI=1S/C11H20O4/c1-9(2)15-11(12)8-14-7-10-3-5-13-6-4-10/h9-10H,3-8H2,1-2H3. The van der Waals surface area contributed by atoms with Crippen molar-refractivity contribution in [3.63, 3.8) is 0 Å². The van der Waals surface area contributed by atoms with Crippen molar-refractivity contribution in [3.05, 3.63) is 0 Å². The predicted octanol–water partition coefficient (Wildman–Crippen LogP) is 1.38. The fraction of sp³-hybridized carbons (Fsp3) is 0.909. The highest BCUT2D eigenvalue weighted by molar-refractivity contribution is 5.70. The number of carbonyl (C=O) groups is 1. The highest BCUT2D eigenvalue weighted by Gasteiger charge is 2.14. The number of carbonyl (C=O) groups excluding carboxylic acids is 1. The second-order valence-corrected chi connectivity index (χ2v) is 4.11. The average molecular weight is 216 g/mol. The van der Waals surface area contributed by atoms with Crippen molar-refractivity contribution in [2.24, 2.45) is 5.92 Å². The van der Waals surface area contributed by atoms with Gasteiger partial charge in [-0.2, -0.15) is 0 Å². The van der Waals surface area contributed by atoms with Gasteiger partial charge in [-0.05, 0) is 32.6 Å². The zero-order valence-corrected chi connectivity index (χ0v) is 9.53. The van der Waals surface area contributed by atoms with E-state index in [0.29, 0.717) is 12.5 Å². The van der Waals surface area contributed by atoms with Gasteiger partial charge in [0.1, 0.15) is 6.61 Å². The molecule has 0 atom stereocenters. The summed E-state index contributed by atoms with van der Waals surface area (Å²) in [5, 5.41) is 0. The summed E-state index contributed by atoms with van der Waals surface area (Å²) in [6, 6.07) is 0. The molecule has 4 heteroatoms. The van der Waals surface area contributed by atoms with Crippen LogP contribution in [0.15, 0.2) is 0 Å². The maximum absolute atomic E-state index is 11.1. The fourth-order valence-corrected chi connectivity index (χ4v) is 1.52. The Bertz CT molecular complexity index is 185. The lowest BCUT2D eigenvalue weighted by Crippen LogP contribution is -2.23. The summed E-state index contributed by atoms with van der Waals surface area (Å²) < 4.78 is 15.5. The van der Waals surface area contributed by atoms with Crippen LogP contribution in [0.3, 0.4) is 0 Å². The van der Waals surface area contributed by atoms with Crippen molar-refractivity contribution in [1.29, 1.82) is 0 Å². The van der Waals surface area contributed by atoms with E-state index in [0.717, 1.165) is 26.1 Å². The molecule has 0 saturated carbocycles. The van der Waals surface area contributed by atoms with Crippen molar-refractivity contribution < 1.29 is 19.0 Å². The molecule has 1 rings (SSSR count). The van der Waals surface area contributed by atoms with Crippen LogP contribution in [-0.4, -0.2) is 38.5 Å². The fourth-order valence-electron chi connectivity index (χ4n) is 1.52. The van der Waals surface area contributed by atoms with Gasteiger partial charge in [0.2, 0.25) is 0 Å². The number of esters is 1. The first kappa shape index (κ1) is 12.5. The molecule has 4 nitrogen and oxygen atoms in total. The molecule has 0 bridgehead atoms. The SMILES string of the molecule is CC(C)OC(=O)COCC1CCOCC1.